The summed E-state index contributed by atoms with van der Waals surface area (Å²) in [6, 6.07) is 4.42. The normalized spacial score (nSPS) is 21.0. The van der Waals surface area contributed by atoms with Crippen molar-refractivity contribution in [2.24, 2.45) is 0 Å². The number of amides is 1. The predicted octanol–water partition coefficient (Wildman–Crippen LogP) is 3.67. The number of ether oxygens (including phenoxy) is 1. The number of furan rings is 1. The van der Waals surface area contributed by atoms with Crippen LogP contribution in [0.15, 0.2) is 22.8 Å². The molecule has 1 aromatic heterocycles. The predicted molar refractivity (Wildman–Crippen MR) is 85.7 cm³/mol. The van der Waals surface area contributed by atoms with Crippen molar-refractivity contribution in [2.75, 3.05) is 20.1 Å². The summed E-state index contributed by atoms with van der Waals surface area (Å²) in [6.45, 7) is 9.31. The highest BCUT2D eigenvalue weighted by Gasteiger charge is 2.31. The number of likely N-dealkylation sites (N-methyl/N-ethyl adjacent to an activating group) is 1. The van der Waals surface area contributed by atoms with Gasteiger partial charge in [0.05, 0.1) is 12.3 Å². The van der Waals surface area contributed by atoms with Gasteiger partial charge in [-0.3, -0.25) is 4.90 Å². The molecule has 0 unspecified atom stereocenters. The van der Waals surface area contributed by atoms with Crippen LogP contribution in [0.25, 0.3) is 0 Å². The maximum atomic E-state index is 12.2. The molecule has 1 aromatic rings. The first-order chi connectivity index (χ1) is 10.3. The largest absolute Gasteiger partial charge is 0.468 e. The molecule has 0 radical (unpaired) electrons. The van der Waals surface area contributed by atoms with Crippen molar-refractivity contribution >= 4 is 6.09 Å². The maximum Gasteiger partial charge on any atom is 0.410 e. The Hall–Kier alpha value is -1.49. The van der Waals surface area contributed by atoms with Gasteiger partial charge in [0.25, 0.3) is 0 Å². The zero-order valence-electron chi connectivity index (χ0n) is 14.3. The van der Waals surface area contributed by atoms with E-state index in [1.165, 1.54) is 0 Å². The molecule has 0 aromatic carbocycles. The molecule has 0 spiro atoms. The Morgan fingerprint density at radius 1 is 1.50 bits per heavy atom. The van der Waals surface area contributed by atoms with E-state index in [9.17, 15) is 4.79 Å². The fraction of sp³-hybridized carbons (Fsp3) is 0.706. The molecule has 2 atom stereocenters. The summed E-state index contributed by atoms with van der Waals surface area (Å²) >= 11 is 0. The third-order valence-electron chi connectivity index (χ3n) is 4.19. The third-order valence-corrected chi connectivity index (χ3v) is 4.19. The van der Waals surface area contributed by atoms with Crippen LogP contribution in [0.5, 0.6) is 0 Å². The Bertz CT molecular complexity index is 479. The number of nitrogens with zero attached hydrogens (tertiary/aromatic N) is 2. The molecule has 2 heterocycles. The number of likely N-dealkylation sites (tertiary alicyclic amines) is 1. The minimum atomic E-state index is -0.447. The first-order valence-electron chi connectivity index (χ1n) is 8.01. The molecule has 1 fully saturated rings. The zero-order chi connectivity index (χ0) is 16.3. The molecule has 0 aliphatic carbocycles. The summed E-state index contributed by atoms with van der Waals surface area (Å²) in [4.78, 5) is 16.4. The van der Waals surface area contributed by atoms with Crippen LogP contribution in [-0.4, -0.2) is 47.7 Å². The van der Waals surface area contributed by atoms with Crippen molar-refractivity contribution in [1.29, 1.82) is 0 Å². The number of carbonyl (C=O) groups is 1. The van der Waals surface area contributed by atoms with E-state index in [2.05, 4.69) is 18.9 Å². The minimum absolute atomic E-state index is 0.193. The number of piperidine rings is 1. The Balaban J connectivity index is 1.96. The topological polar surface area (TPSA) is 45.9 Å². The fourth-order valence-corrected chi connectivity index (χ4v) is 2.83. The number of hydrogen-bond donors (Lipinski definition) is 0. The van der Waals surface area contributed by atoms with Gasteiger partial charge in [-0.25, -0.2) is 4.79 Å². The molecule has 1 amide bonds. The van der Waals surface area contributed by atoms with Crippen LogP contribution in [0.3, 0.4) is 0 Å². The molecule has 0 N–H and O–H groups in total. The first-order valence-corrected chi connectivity index (χ1v) is 8.01. The SMILES string of the molecule is C[C@@H](c1ccco1)N(C)[C@@H]1CCCN(C(=O)OC(C)(C)C)C1. The number of carbonyl (C=O) groups excluding carboxylic acids is 1. The zero-order valence-corrected chi connectivity index (χ0v) is 14.3. The highest BCUT2D eigenvalue weighted by atomic mass is 16.6. The van der Waals surface area contributed by atoms with Gasteiger partial charge in [0, 0.05) is 19.1 Å². The van der Waals surface area contributed by atoms with Crippen molar-refractivity contribution in [3.63, 3.8) is 0 Å². The molecule has 124 valence electrons. The van der Waals surface area contributed by atoms with Crippen LogP contribution in [-0.2, 0) is 4.74 Å². The smallest absolute Gasteiger partial charge is 0.410 e. The summed E-state index contributed by atoms with van der Waals surface area (Å²) in [7, 11) is 2.09. The van der Waals surface area contributed by atoms with Crippen molar-refractivity contribution in [3.05, 3.63) is 24.2 Å². The highest BCUT2D eigenvalue weighted by molar-refractivity contribution is 5.68. The highest BCUT2D eigenvalue weighted by Crippen LogP contribution is 2.26. The lowest BCUT2D eigenvalue weighted by Gasteiger charge is -2.40. The molecule has 0 bridgehead atoms. The Kier molecular flexibility index (Phi) is 5.16. The molecule has 1 aliphatic rings. The second-order valence-corrected chi connectivity index (χ2v) is 7.08. The molecule has 1 aliphatic heterocycles. The molecule has 22 heavy (non-hydrogen) atoms. The maximum absolute atomic E-state index is 12.2. The van der Waals surface area contributed by atoms with Gasteiger partial charge in [-0.15, -0.1) is 0 Å². The van der Waals surface area contributed by atoms with Gasteiger partial charge in [-0.1, -0.05) is 0 Å². The second-order valence-electron chi connectivity index (χ2n) is 7.08. The van der Waals surface area contributed by atoms with E-state index in [1.54, 1.807) is 6.26 Å². The minimum Gasteiger partial charge on any atom is -0.468 e. The van der Waals surface area contributed by atoms with Gasteiger partial charge >= 0.3 is 6.09 Å². The van der Waals surface area contributed by atoms with E-state index >= 15 is 0 Å². The molecule has 2 rings (SSSR count). The molecular formula is C17H28N2O3. The molecule has 5 heteroatoms. The summed E-state index contributed by atoms with van der Waals surface area (Å²) in [5, 5.41) is 0. The van der Waals surface area contributed by atoms with Crippen LogP contribution in [0.1, 0.15) is 52.3 Å². The average molecular weight is 308 g/mol. The van der Waals surface area contributed by atoms with Gasteiger partial charge < -0.3 is 14.1 Å². The van der Waals surface area contributed by atoms with Crippen LogP contribution in [0.4, 0.5) is 4.79 Å². The molecule has 5 nitrogen and oxygen atoms in total. The van der Waals surface area contributed by atoms with Crippen molar-refractivity contribution in [3.8, 4) is 0 Å². The van der Waals surface area contributed by atoms with Crippen molar-refractivity contribution < 1.29 is 13.9 Å². The molecule has 1 saturated heterocycles. The second kappa shape index (κ2) is 6.73. The fourth-order valence-electron chi connectivity index (χ4n) is 2.83. The van der Waals surface area contributed by atoms with Gasteiger partial charge in [0.15, 0.2) is 0 Å². The van der Waals surface area contributed by atoms with Gasteiger partial charge in [0.2, 0.25) is 0 Å². The molecular weight excluding hydrogens is 280 g/mol. The summed E-state index contributed by atoms with van der Waals surface area (Å²) < 4.78 is 11.0. The van der Waals surface area contributed by atoms with E-state index in [0.29, 0.717) is 12.6 Å². The quantitative estimate of drug-likeness (QED) is 0.854. The number of hydrogen-bond acceptors (Lipinski definition) is 4. The summed E-state index contributed by atoms with van der Waals surface area (Å²) in [5.41, 5.74) is -0.447. The van der Waals surface area contributed by atoms with Gasteiger partial charge in [-0.2, -0.15) is 0 Å². The first kappa shape index (κ1) is 16.9. The van der Waals surface area contributed by atoms with Crippen LogP contribution in [0, 0.1) is 0 Å². The van der Waals surface area contributed by atoms with E-state index in [4.69, 9.17) is 9.15 Å². The Morgan fingerprint density at radius 3 is 2.82 bits per heavy atom. The third kappa shape index (κ3) is 4.26. The van der Waals surface area contributed by atoms with E-state index in [-0.39, 0.29) is 12.1 Å². The Morgan fingerprint density at radius 2 is 2.23 bits per heavy atom. The lowest BCUT2D eigenvalue weighted by Crippen LogP contribution is -2.50. The summed E-state index contributed by atoms with van der Waals surface area (Å²) in [5.74, 6) is 0.955. The van der Waals surface area contributed by atoms with E-state index in [1.807, 2.05) is 37.8 Å². The van der Waals surface area contributed by atoms with Crippen molar-refractivity contribution in [1.82, 2.24) is 9.80 Å². The van der Waals surface area contributed by atoms with Crippen molar-refractivity contribution in [2.45, 2.75) is 58.2 Å². The van der Waals surface area contributed by atoms with Crippen LogP contribution in [0.2, 0.25) is 0 Å². The standard InChI is InChI=1S/C17H28N2O3/c1-13(15-9-7-11-21-15)18(5)14-8-6-10-19(12-14)16(20)22-17(2,3)4/h7,9,11,13-14H,6,8,10,12H2,1-5H3/t13-,14+/m0/s1. The average Bonchev–Trinajstić information content (AvgIpc) is 2.98. The van der Waals surface area contributed by atoms with Gasteiger partial charge in [-0.05, 0) is 59.7 Å². The van der Waals surface area contributed by atoms with Crippen LogP contribution < -0.4 is 0 Å². The van der Waals surface area contributed by atoms with Gasteiger partial charge in [0.1, 0.15) is 11.4 Å². The van der Waals surface area contributed by atoms with Crippen LogP contribution >= 0.6 is 0 Å². The lowest BCUT2D eigenvalue weighted by atomic mass is 10.0. The Labute approximate surface area is 133 Å². The monoisotopic (exact) mass is 308 g/mol. The van der Waals surface area contributed by atoms with E-state index in [0.717, 1.165) is 25.1 Å². The summed E-state index contributed by atoms with van der Waals surface area (Å²) in [6.07, 6.45) is 3.57. The number of rotatable bonds is 3. The van der Waals surface area contributed by atoms with E-state index < -0.39 is 5.60 Å². The lowest BCUT2D eigenvalue weighted by molar-refractivity contribution is 0.00898. The molecule has 0 saturated carbocycles.